The number of rotatable bonds is 5. The first-order valence-corrected chi connectivity index (χ1v) is 9.35. The molecule has 0 bridgehead atoms. The molecule has 0 atom stereocenters. The number of fused-ring (bicyclic) bond motifs is 1. The van der Waals surface area contributed by atoms with Crippen molar-refractivity contribution in [1.82, 2.24) is 19.4 Å². The van der Waals surface area contributed by atoms with Gasteiger partial charge in [0.1, 0.15) is 11.5 Å². The molecular formula is C19H17FN4O2S. The fraction of sp³-hybridized carbons (Fsp3) is 0.211. The van der Waals surface area contributed by atoms with Gasteiger partial charge in [0.25, 0.3) is 5.91 Å². The summed E-state index contributed by atoms with van der Waals surface area (Å²) in [6.07, 6.45) is 2.58. The second-order valence-electron chi connectivity index (χ2n) is 6.21. The van der Waals surface area contributed by atoms with E-state index in [2.05, 4.69) is 10.1 Å². The molecular weight excluding hydrogens is 367 g/mol. The predicted octanol–water partition coefficient (Wildman–Crippen LogP) is 4.02. The van der Waals surface area contributed by atoms with Crippen LogP contribution in [0.25, 0.3) is 16.2 Å². The molecule has 0 aliphatic heterocycles. The Morgan fingerprint density at radius 2 is 2.11 bits per heavy atom. The predicted molar refractivity (Wildman–Crippen MR) is 100 cm³/mol. The first-order chi connectivity index (χ1) is 13.0. The third-order valence-electron chi connectivity index (χ3n) is 4.28. The number of carbonyl (C=O) groups excluding carboxylic acids is 1. The van der Waals surface area contributed by atoms with Crippen LogP contribution in [-0.4, -0.2) is 32.4 Å². The first kappa shape index (κ1) is 17.4. The average Bonchev–Trinajstić information content (AvgIpc) is 3.37. The van der Waals surface area contributed by atoms with Gasteiger partial charge in [-0.1, -0.05) is 12.1 Å². The molecule has 6 nitrogen and oxygen atoms in total. The van der Waals surface area contributed by atoms with E-state index in [1.54, 1.807) is 40.1 Å². The Bertz CT molecular complexity index is 1100. The number of aryl methyl sites for hydroxylation is 1. The molecule has 138 valence electrons. The van der Waals surface area contributed by atoms with Crippen molar-refractivity contribution < 1.29 is 13.7 Å². The minimum atomic E-state index is -0.295. The molecule has 3 aromatic heterocycles. The molecule has 0 saturated heterocycles. The Balaban J connectivity index is 1.59. The minimum Gasteiger partial charge on any atom is -0.359 e. The van der Waals surface area contributed by atoms with E-state index in [1.165, 1.54) is 23.5 Å². The molecule has 8 heteroatoms. The molecule has 0 N–H and O–H groups in total. The van der Waals surface area contributed by atoms with E-state index in [0.717, 1.165) is 17.7 Å². The monoisotopic (exact) mass is 384 g/mol. The maximum Gasteiger partial charge on any atom is 0.271 e. The van der Waals surface area contributed by atoms with E-state index in [-0.39, 0.29) is 11.7 Å². The summed E-state index contributed by atoms with van der Waals surface area (Å²) in [6, 6.07) is 7.99. The highest BCUT2D eigenvalue weighted by molar-refractivity contribution is 7.15. The van der Waals surface area contributed by atoms with E-state index in [9.17, 15) is 9.18 Å². The number of benzene rings is 1. The standard InChI is InChI=1S/C19H17FN4O2S/c1-3-14-8-15(26-22-14)9-23(2)18(25)17-11-27-19-21-16(10-24(17)19)12-4-6-13(20)7-5-12/h4-8,10-11H,3,9H2,1-2H3. The van der Waals surface area contributed by atoms with Crippen LogP contribution in [0.3, 0.4) is 0 Å². The van der Waals surface area contributed by atoms with Crippen molar-refractivity contribution in [2.24, 2.45) is 0 Å². The van der Waals surface area contributed by atoms with Gasteiger partial charge in [0, 0.05) is 30.3 Å². The van der Waals surface area contributed by atoms with Crippen LogP contribution in [0.4, 0.5) is 4.39 Å². The maximum absolute atomic E-state index is 13.1. The van der Waals surface area contributed by atoms with Gasteiger partial charge in [0.05, 0.1) is 17.9 Å². The van der Waals surface area contributed by atoms with Gasteiger partial charge in [-0.25, -0.2) is 9.37 Å². The molecule has 4 aromatic rings. The van der Waals surface area contributed by atoms with Gasteiger partial charge in [0.15, 0.2) is 10.7 Å². The number of imidazole rings is 1. The third-order valence-corrected chi connectivity index (χ3v) is 5.12. The zero-order chi connectivity index (χ0) is 19.0. The van der Waals surface area contributed by atoms with Crippen molar-refractivity contribution in [2.45, 2.75) is 19.9 Å². The van der Waals surface area contributed by atoms with Crippen molar-refractivity contribution in [3.05, 3.63) is 64.9 Å². The Hall–Kier alpha value is -3.00. The quantitative estimate of drug-likeness (QED) is 0.521. The average molecular weight is 384 g/mol. The van der Waals surface area contributed by atoms with Crippen LogP contribution < -0.4 is 0 Å². The molecule has 1 aromatic carbocycles. The number of amides is 1. The molecule has 0 aliphatic carbocycles. The highest BCUT2D eigenvalue weighted by atomic mass is 32.1. The van der Waals surface area contributed by atoms with Crippen LogP contribution >= 0.6 is 11.3 Å². The Morgan fingerprint density at radius 3 is 2.81 bits per heavy atom. The highest BCUT2D eigenvalue weighted by Crippen LogP contribution is 2.24. The lowest BCUT2D eigenvalue weighted by molar-refractivity contribution is 0.0765. The molecule has 0 aliphatic rings. The van der Waals surface area contributed by atoms with Crippen LogP contribution in [0.15, 0.2) is 46.4 Å². The van der Waals surface area contributed by atoms with Gasteiger partial charge in [-0.05, 0) is 30.7 Å². The van der Waals surface area contributed by atoms with Crippen LogP contribution in [0.5, 0.6) is 0 Å². The van der Waals surface area contributed by atoms with Crippen LogP contribution in [0.2, 0.25) is 0 Å². The Kier molecular flexibility index (Phi) is 4.49. The van der Waals surface area contributed by atoms with E-state index in [1.807, 2.05) is 13.0 Å². The number of carbonyl (C=O) groups is 1. The van der Waals surface area contributed by atoms with Crippen molar-refractivity contribution in [1.29, 1.82) is 0 Å². The van der Waals surface area contributed by atoms with Crippen molar-refractivity contribution in [2.75, 3.05) is 7.05 Å². The summed E-state index contributed by atoms with van der Waals surface area (Å²) in [6.45, 7) is 2.33. The lowest BCUT2D eigenvalue weighted by atomic mass is 10.2. The molecule has 1 amide bonds. The highest BCUT2D eigenvalue weighted by Gasteiger charge is 2.20. The van der Waals surface area contributed by atoms with E-state index >= 15 is 0 Å². The molecule has 0 fully saturated rings. The molecule has 0 spiro atoms. The maximum atomic E-state index is 13.1. The molecule has 0 unspecified atom stereocenters. The lowest BCUT2D eigenvalue weighted by Crippen LogP contribution is -2.27. The zero-order valence-electron chi connectivity index (χ0n) is 14.8. The second kappa shape index (κ2) is 6.96. The summed E-state index contributed by atoms with van der Waals surface area (Å²) in [4.78, 5) is 19.7. The summed E-state index contributed by atoms with van der Waals surface area (Å²) in [7, 11) is 1.72. The summed E-state index contributed by atoms with van der Waals surface area (Å²) < 4.78 is 20.1. The zero-order valence-corrected chi connectivity index (χ0v) is 15.7. The molecule has 0 radical (unpaired) electrons. The third kappa shape index (κ3) is 3.35. The van der Waals surface area contributed by atoms with E-state index in [0.29, 0.717) is 28.7 Å². The van der Waals surface area contributed by atoms with Crippen LogP contribution in [-0.2, 0) is 13.0 Å². The molecule has 4 rings (SSSR count). The van der Waals surface area contributed by atoms with Gasteiger partial charge in [-0.2, -0.15) is 0 Å². The summed E-state index contributed by atoms with van der Waals surface area (Å²) >= 11 is 1.39. The minimum absolute atomic E-state index is 0.140. The molecule has 3 heterocycles. The topological polar surface area (TPSA) is 63.6 Å². The number of hydrogen-bond acceptors (Lipinski definition) is 5. The van der Waals surface area contributed by atoms with E-state index in [4.69, 9.17) is 4.52 Å². The normalized spacial score (nSPS) is 11.2. The second-order valence-corrected chi connectivity index (χ2v) is 7.04. The van der Waals surface area contributed by atoms with Gasteiger partial charge >= 0.3 is 0 Å². The Labute approximate surface area is 158 Å². The van der Waals surface area contributed by atoms with Gasteiger partial charge in [-0.15, -0.1) is 11.3 Å². The van der Waals surface area contributed by atoms with Gasteiger partial charge in [-0.3, -0.25) is 9.20 Å². The fourth-order valence-corrected chi connectivity index (χ4v) is 3.64. The summed E-state index contributed by atoms with van der Waals surface area (Å²) in [5, 5.41) is 5.74. The van der Waals surface area contributed by atoms with Crippen molar-refractivity contribution in [3.8, 4) is 11.3 Å². The first-order valence-electron chi connectivity index (χ1n) is 8.47. The number of hydrogen-bond donors (Lipinski definition) is 0. The van der Waals surface area contributed by atoms with Crippen molar-refractivity contribution in [3.63, 3.8) is 0 Å². The van der Waals surface area contributed by atoms with Crippen molar-refractivity contribution >= 4 is 22.2 Å². The van der Waals surface area contributed by atoms with E-state index < -0.39 is 0 Å². The summed E-state index contributed by atoms with van der Waals surface area (Å²) in [5.74, 6) is 0.210. The van der Waals surface area contributed by atoms with Crippen LogP contribution in [0.1, 0.15) is 28.9 Å². The number of nitrogens with zero attached hydrogens (tertiary/aromatic N) is 4. The smallest absolute Gasteiger partial charge is 0.271 e. The van der Waals surface area contributed by atoms with Gasteiger partial charge < -0.3 is 9.42 Å². The fourth-order valence-electron chi connectivity index (χ4n) is 2.80. The Morgan fingerprint density at radius 1 is 1.33 bits per heavy atom. The largest absolute Gasteiger partial charge is 0.359 e. The SMILES string of the molecule is CCc1cc(CN(C)C(=O)c2csc3nc(-c4ccc(F)cc4)cn23)on1. The summed E-state index contributed by atoms with van der Waals surface area (Å²) in [5.41, 5.74) is 2.88. The number of aromatic nitrogens is 3. The lowest BCUT2D eigenvalue weighted by Gasteiger charge is -2.14. The number of halogens is 1. The molecule has 0 saturated carbocycles. The van der Waals surface area contributed by atoms with Crippen LogP contribution in [0, 0.1) is 5.82 Å². The van der Waals surface area contributed by atoms with Gasteiger partial charge in [0.2, 0.25) is 0 Å². The number of thiazole rings is 1. The molecule has 27 heavy (non-hydrogen) atoms.